The smallest absolute Gasteiger partial charge is 0.275 e. The Morgan fingerprint density at radius 2 is 2.06 bits per heavy atom. The first-order valence-corrected chi connectivity index (χ1v) is 5.85. The number of nitrogens with one attached hydrogen (secondary N) is 1. The lowest BCUT2D eigenvalue weighted by Gasteiger charge is -2.30. The molecule has 18 heavy (non-hydrogen) atoms. The average molecular weight is 254 g/mol. The number of nitro groups is 1. The van der Waals surface area contributed by atoms with Gasteiger partial charge in [0.15, 0.2) is 0 Å². The summed E-state index contributed by atoms with van der Waals surface area (Å²) in [5, 5.41) is 14.1. The van der Waals surface area contributed by atoms with Crippen molar-refractivity contribution in [1.82, 2.24) is 5.32 Å². The SMILES string of the molecule is CNC(Cc1ccc(F)cc1[N+](=O)[O-])C(C)(C)C. The summed E-state index contributed by atoms with van der Waals surface area (Å²) in [6, 6.07) is 3.81. The summed E-state index contributed by atoms with van der Waals surface area (Å²) < 4.78 is 13.0. The van der Waals surface area contributed by atoms with Gasteiger partial charge in [0.1, 0.15) is 5.82 Å². The quantitative estimate of drug-likeness (QED) is 0.664. The minimum Gasteiger partial charge on any atom is -0.316 e. The fourth-order valence-corrected chi connectivity index (χ4v) is 1.94. The van der Waals surface area contributed by atoms with Gasteiger partial charge in [0.2, 0.25) is 0 Å². The van der Waals surface area contributed by atoms with Crippen LogP contribution in [0.5, 0.6) is 0 Å². The van der Waals surface area contributed by atoms with Gasteiger partial charge in [0.05, 0.1) is 11.0 Å². The van der Waals surface area contributed by atoms with E-state index in [4.69, 9.17) is 0 Å². The summed E-state index contributed by atoms with van der Waals surface area (Å²) >= 11 is 0. The van der Waals surface area contributed by atoms with Crippen molar-refractivity contribution in [2.75, 3.05) is 7.05 Å². The molecule has 0 bridgehead atoms. The number of nitro benzene ring substituents is 1. The fraction of sp³-hybridized carbons (Fsp3) is 0.538. The molecule has 0 aliphatic rings. The Bertz CT molecular complexity index is 441. The van der Waals surface area contributed by atoms with E-state index in [9.17, 15) is 14.5 Å². The molecule has 1 N–H and O–H groups in total. The molecule has 1 rings (SSSR count). The molecule has 1 atom stereocenters. The van der Waals surface area contributed by atoms with Crippen LogP contribution < -0.4 is 5.32 Å². The van der Waals surface area contributed by atoms with Gasteiger partial charge in [-0.2, -0.15) is 0 Å². The molecule has 0 aliphatic heterocycles. The van der Waals surface area contributed by atoms with Crippen LogP contribution in [-0.2, 0) is 6.42 Å². The van der Waals surface area contributed by atoms with Crippen LogP contribution in [0.1, 0.15) is 26.3 Å². The molecule has 0 saturated carbocycles. The van der Waals surface area contributed by atoms with Crippen LogP contribution in [0.15, 0.2) is 18.2 Å². The van der Waals surface area contributed by atoms with Crippen molar-refractivity contribution in [2.45, 2.75) is 33.2 Å². The Morgan fingerprint density at radius 3 is 2.50 bits per heavy atom. The summed E-state index contributed by atoms with van der Waals surface area (Å²) in [7, 11) is 1.82. The Kier molecular flexibility index (Phi) is 4.40. The van der Waals surface area contributed by atoms with Gasteiger partial charge >= 0.3 is 0 Å². The van der Waals surface area contributed by atoms with Crippen LogP contribution >= 0.6 is 0 Å². The first-order chi connectivity index (χ1) is 8.25. The zero-order valence-corrected chi connectivity index (χ0v) is 11.2. The summed E-state index contributed by atoms with van der Waals surface area (Å²) in [4.78, 5) is 10.4. The second-order valence-electron chi connectivity index (χ2n) is 5.44. The number of halogens is 1. The summed E-state index contributed by atoms with van der Waals surface area (Å²) in [5.41, 5.74) is 0.368. The third-order valence-corrected chi connectivity index (χ3v) is 3.06. The lowest BCUT2D eigenvalue weighted by Crippen LogP contribution is -2.39. The Balaban J connectivity index is 3.07. The van der Waals surface area contributed by atoms with E-state index in [1.54, 1.807) is 0 Å². The van der Waals surface area contributed by atoms with Crippen LogP contribution in [-0.4, -0.2) is 18.0 Å². The summed E-state index contributed by atoms with van der Waals surface area (Å²) in [6.45, 7) is 6.18. The van der Waals surface area contributed by atoms with Gasteiger partial charge in [-0.15, -0.1) is 0 Å². The maximum atomic E-state index is 13.0. The molecule has 1 aromatic carbocycles. The molecule has 0 saturated heterocycles. The van der Waals surface area contributed by atoms with Gasteiger partial charge in [-0.1, -0.05) is 20.8 Å². The predicted octanol–water partition coefficient (Wildman–Crippen LogP) is 2.91. The van der Waals surface area contributed by atoms with E-state index in [0.29, 0.717) is 12.0 Å². The second kappa shape index (κ2) is 5.44. The van der Waals surface area contributed by atoms with Gasteiger partial charge in [0, 0.05) is 11.6 Å². The van der Waals surface area contributed by atoms with Gasteiger partial charge in [-0.3, -0.25) is 10.1 Å². The van der Waals surface area contributed by atoms with E-state index >= 15 is 0 Å². The molecule has 1 unspecified atom stereocenters. The molecule has 0 fully saturated rings. The van der Waals surface area contributed by atoms with E-state index in [1.807, 2.05) is 7.05 Å². The molecular weight excluding hydrogens is 235 g/mol. The molecule has 0 amide bonds. The molecular formula is C13H19FN2O2. The van der Waals surface area contributed by atoms with Gasteiger partial charge in [-0.25, -0.2) is 4.39 Å². The van der Waals surface area contributed by atoms with E-state index in [-0.39, 0.29) is 17.1 Å². The molecule has 4 nitrogen and oxygen atoms in total. The molecule has 0 radical (unpaired) electrons. The zero-order valence-electron chi connectivity index (χ0n) is 11.2. The van der Waals surface area contributed by atoms with Crippen molar-refractivity contribution in [1.29, 1.82) is 0 Å². The van der Waals surface area contributed by atoms with Crippen molar-refractivity contribution in [3.8, 4) is 0 Å². The molecule has 0 aliphatic carbocycles. The van der Waals surface area contributed by atoms with Gasteiger partial charge in [-0.05, 0) is 31.0 Å². The topological polar surface area (TPSA) is 55.2 Å². The highest BCUT2D eigenvalue weighted by Gasteiger charge is 2.26. The number of likely N-dealkylation sites (N-methyl/N-ethyl adjacent to an activating group) is 1. The maximum Gasteiger partial charge on any atom is 0.275 e. The Labute approximate surface area is 106 Å². The molecule has 0 aromatic heterocycles. The number of hydrogen-bond acceptors (Lipinski definition) is 3. The summed E-state index contributed by atoms with van der Waals surface area (Å²) in [6.07, 6.45) is 0.497. The summed E-state index contributed by atoms with van der Waals surface area (Å²) in [5.74, 6) is -0.581. The molecule has 1 aromatic rings. The lowest BCUT2D eigenvalue weighted by molar-refractivity contribution is -0.385. The third-order valence-electron chi connectivity index (χ3n) is 3.06. The van der Waals surface area contributed by atoms with E-state index < -0.39 is 10.7 Å². The maximum absolute atomic E-state index is 13.0. The van der Waals surface area contributed by atoms with E-state index in [0.717, 1.165) is 6.07 Å². The lowest BCUT2D eigenvalue weighted by atomic mass is 9.83. The van der Waals surface area contributed by atoms with Crippen molar-refractivity contribution in [3.63, 3.8) is 0 Å². The molecule has 0 heterocycles. The van der Waals surface area contributed by atoms with Crippen LogP contribution in [0, 0.1) is 21.3 Å². The minimum absolute atomic E-state index is 0.0307. The normalized spacial score (nSPS) is 13.4. The number of nitrogens with zero attached hydrogens (tertiary/aromatic N) is 1. The van der Waals surface area contributed by atoms with Crippen molar-refractivity contribution < 1.29 is 9.31 Å². The van der Waals surface area contributed by atoms with Crippen LogP contribution in [0.2, 0.25) is 0 Å². The van der Waals surface area contributed by atoms with E-state index in [2.05, 4.69) is 26.1 Å². The van der Waals surface area contributed by atoms with Crippen molar-refractivity contribution in [3.05, 3.63) is 39.7 Å². The number of hydrogen-bond donors (Lipinski definition) is 1. The largest absolute Gasteiger partial charge is 0.316 e. The van der Waals surface area contributed by atoms with E-state index in [1.165, 1.54) is 12.1 Å². The van der Waals surface area contributed by atoms with Crippen LogP contribution in [0.4, 0.5) is 10.1 Å². The first kappa shape index (κ1) is 14.6. The van der Waals surface area contributed by atoms with Crippen molar-refractivity contribution >= 4 is 5.69 Å². The highest BCUT2D eigenvalue weighted by atomic mass is 19.1. The molecule has 100 valence electrons. The predicted molar refractivity (Wildman–Crippen MR) is 69.1 cm³/mol. The van der Waals surface area contributed by atoms with Crippen LogP contribution in [0.25, 0.3) is 0 Å². The standard InChI is InChI=1S/C13H19FN2O2/c1-13(2,3)12(15-4)7-9-5-6-10(14)8-11(9)16(17)18/h5-6,8,12,15H,7H2,1-4H3. The number of rotatable bonds is 4. The fourth-order valence-electron chi connectivity index (χ4n) is 1.94. The Morgan fingerprint density at radius 1 is 1.44 bits per heavy atom. The van der Waals surface area contributed by atoms with Gasteiger partial charge < -0.3 is 5.32 Å². The van der Waals surface area contributed by atoms with Crippen LogP contribution in [0.3, 0.4) is 0 Å². The molecule has 0 spiro atoms. The minimum atomic E-state index is -0.581. The molecule has 5 heteroatoms. The zero-order chi connectivity index (χ0) is 13.9. The highest BCUT2D eigenvalue weighted by Crippen LogP contribution is 2.27. The van der Waals surface area contributed by atoms with Gasteiger partial charge in [0.25, 0.3) is 5.69 Å². The third kappa shape index (κ3) is 3.50. The van der Waals surface area contributed by atoms with Crippen molar-refractivity contribution in [2.24, 2.45) is 5.41 Å². The second-order valence-corrected chi connectivity index (χ2v) is 5.44. The number of benzene rings is 1. The highest BCUT2D eigenvalue weighted by molar-refractivity contribution is 5.41. The first-order valence-electron chi connectivity index (χ1n) is 5.85. The monoisotopic (exact) mass is 254 g/mol. The average Bonchev–Trinajstić information content (AvgIpc) is 2.25. The Hall–Kier alpha value is -1.49.